The quantitative estimate of drug-likeness (QED) is 0.0411. The van der Waals surface area contributed by atoms with E-state index >= 15 is 0 Å². The highest BCUT2D eigenvalue weighted by Gasteiger charge is 2.57. The normalized spacial score (nSPS) is 26.0. The highest BCUT2D eigenvalue weighted by molar-refractivity contribution is 7.80. The average molecular weight is 946 g/mol. The smallest absolute Gasteiger partial charge is 0.397 e. The van der Waals surface area contributed by atoms with Gasteiger partial charge in [-0.25, -0.2) is 8.98 Å². The van der Waals surface area contributed by atoms with Crippen molar-refractivity contribution < 1.29 is 79.0 Å². The summed E-state index contributed by atoms with van der Waals surface area (Å²) in [4.78, 5) is 41.9. The second-order valence-corrected chi connectivity index (χ2v) is 21.6. The van der Waals surface area contributed by atoms with Crippen LogP contribution in [0, 0.1) is 0 Å². The third kappa shape index (κ3) is 12.6. The monoisotopic (exact) mass is 945 g/mol. The van der Waals surface area contributed by atoms with Crippen molar-refractivity contribution in [1.82, 2.24) is 0 Å². The number of Topliss-reactive ketones (excluding diaryl/α,β-unsaturated/α-hetero) is 1. The maximum absolute atomic E-state index is 13.6. The molecule has 3 aromatic rings. The molecule has 0 bridgehead atoms. The predicted molar refractivity (Wildman–Crippen MR) is 232 cm³/mol. The van der Waals surface area contributed by atoms with E-state index < -0.39 is 97.0 Å². The van der Waals surface area contributed by atoms with Crippen LogP contribution in [0.25, 0.3) is 10.4 Å². The molecule has 10 atom stereocenters. The van der Waals surface area contributed by atoms with Crippen LogP contribution in [0.3, 0.4) is 0 Å². The minimum absolute atomic E-state index is 0.115. The largest absolute Gasteiger partial charge is 0.497 e. The lowest BCUT2D eigenvalue weighted by atomic mass is 9.95. The minimum Gasteiger partial charge on any atom is -0.497 e. The summed E-state index contributed by atoms with van der Waals surface area (Å²) in [6.45, 7) is 7.05. The molecule has 2 heterocycles. The van der Waals surface area contributed by atoms with E-state index in [4.69, 9.17) is 46.5 Å². The molecule has 2 fully saturated rings. The molecule has 0 aliphatic carbocycles. The zero-order chi connectivity index (χ0) is 47.5. The van der Waals surface area contributed by atoms with E-state index in [9.17, 15) is 38.0 Å². The number of carbonyl (C=O) groups is 3. The van der Waals surface area contributed by atoms with Gasteiger partial charge in [0.05, 0.1) is 33.9 Å². The van der Waals surface area contributed by atoms with Crippen LogP contribution in [-0.4, -0.2) is 133 Å². The second kappa shape index (κ2) is 22.6. The maximum atomic E-state index is 13.6. The fourth-order valence-corrected chi connectivity index (χ4v) is 13.0. The number of rotatable bonds is 20. The van der Waals surface area contributed by atoms with E-state index in [1.165, 1.54) is 14.0 Å². The number of carbonyl (C=O) groups excluding carboxylic acids is 3. The topological polar surface area (TPSA) is 267 Å². The summed E-state index contributed by atoms with van der Waals surface area (Å²) in [5.74, 6) is -1.74. The Balaban J connectivity index is 1.67. The molecule has 0 spiro atoms. The third-order valence-corrected chi connectivity index (χ3v) is 16.4. The van der Waals surface area contributed by atoms with Crippen molar-refractivity contribution in [3.63, 3.8) is 0 Å². The van der Waals surface area contributed by atoms with Crippen LogP contribution < -0.4 is 15.1 Å². The number of esters is 2. The lowest BCUT2D eigenvalue weighted by Crippen LogP contribution is -2.69. The molecule has 22 heteroatoms. The fraction of sp³-hybridized carbons (Fsp3) is 0.512. The molecule has 3 aromatic carbocycles. The number of aliphatic hydroxyl groups excluding tert-OH is 1. The van der Waals surface area contributed by atoms with Crippen LogP contribution in [0.4, 0.5) is 0 Å². The molecule has 20 nitrogen and oxygen atoms in total. The number of benzene rings is 3. The van der Waals surface area contributed by atoms with Crippen molar-refractivity contribution in [3.05, 3.63) is 101 Å². The number of ether oxygens (including phenoxy) is 8. The maximum Gasteiger partial charge on any atom is 0.397 e. The van der Waals surface area contributed by atoms with Crippen molar-refractivity contribution in [1.29, 1.82) is 0 Å². The van der Waals surface area contributed by atoms with E-state index in [0.29, 0.717) is 11.3 Å². The minimum atomic E-state index is -5.29. The van der Waals surface area contributed by atoms with E-state index in [2.05, 4.69) is 30.8 Å². The summed E-state index contributed by atoms with van der Waals surface area (Å²) >= 11 is 0. The molecular weight excluding hydrogens is 891 g/mol. The van der Waals surface area contributed by atoms with E-state index in [1.807, 2.05) is 60.7 Å². The van der Waals surface area contributed by atoms with Gasteiger partial charge in [0.2, 0.25) is 0 Å². The highest BCUT2D eigenvalue weighted by atomic mass is 32.3. The van der Waals surface area contributed by atoms with Gasteiger partial charge in [0.1, 0.15) is 48.1 Å². The molecule has 0 amide bonds. The molecule has 0 unspecified atom stereocenters. The summed E-state index contributed by atoms with van der Waals surface area (Å²) in [6, 6.07) is 24.5. The Morgan fingerprint density at radius 2 is 1.46 bits per heavy atom. The number of hydrogen-bond donors (Lipinski definition) is 2. The first-order valence-electron chi connectivity index (χ1n) is 20.5. The number of aliphatic hydroxyl groups is 1. The van der Waals surface area contributed by atoms with Gasteiger partial charge in [-0.15, -0.1) is 0 Å². The van der Waals surface area contributed by atoms with Crippen LogP contribution in [0.1, 0.15) is 46.1 Å². The average Bonchev–Trinajstić information content (AvgIpc) is 3.27. The van der Waals surface area contributed by atoms with Gasteiger partial charge in [0.15, 0.2) is 24.8 Å². The lowest BCUT2D eigenvalue weighted by Gasteiger charge is -2.49. The van der Waals surface area contributed by atoms with Crippen molar-refractivity contribution in [2.24, 2.45) is 5.11 Å². The Morgan fingerprint density at radius 3 is 1.97 bits per heavy atom. The van der Waals surface area contributed by atoms with Gasteiger partial charge in [-0.2, -0.15) is 8.42 Å². The van der Waals surface area contributed by atoms with Gasteiger partial charge < -0.3 is 52.2 Å². The molecule has 0 radical (unpaired) electrons. The standard InChI is InChI=1S/C43H55N3O17SSi/c1-26(47)18-23-32(48)60-36-33(45-46-44)41(61-37-34(49)38(63-64(51,52)53)42(56-7)62-39(37)40(50)55-6)59-31(35(36)57-24-27-19-21-28(54-5)22-20-27)25-58-65(43(2,3)4,29-14-10-8-11-15-29)30-16-12-9-13-17-30/h8-17,19-22,31,33-39,41-42,49H,18,23-25H2,1-7H3,(H,51,52,53)/t31-,33-,34+,35-,36-,37+,38-,39+,41-,42+/m1/s1. The van der Waals surface area contributed by atoms with E-state index in [0.717, 1.165) is 24.6 Å². The summed E-state index contributed by atoms with van der Waals surface area (Å²) < 4.78 is 92.2. The predicted octanol–water partition coefficient (Wildman–Crippen LogP) is 3.32. The Hall–Kier alpha value is -4.81. The van der Waals surface area contributed by atoms with Crippen LogP contribution in [0.15, 0.2) is 90.0 Å². The molecule has 2 saturated heterocycles. The Bertz CT molecular complexity index is 2170. The molecule has 5 rings (SSSR count). The van der Waals surface area contributed by atoms with E-state index in [-0.39, 0.29) is 31.8 Å². The third-order valence-electron chi connectivity index (χ3n) is 10.9. The molecular formula is C43H55N3O17SSi. The lowest BCUT2D eigenvalue weighted by molar-refractivity contribution is -0.336. The van der Waals surface area contributed by atoms with Gasteiger partial charge in [-0.05, 0) is 45.6 Å². The number of ketones is 1. The molecule has 2 aliphatic rings. The SMILES string of the molecule is COC(=O)[C@H]1O[C@H](OC)[C@H](OS(=O)(=O)O)[C@@H](O)[C@@H]1O[C@H]1O[C@H](CO[Si](c2ccccc2)(c2ccccc2)C(C)(C)C)[C@@H](OCc2ccc(OC)cc2)[C@H](OC(=O)CCC(C)=O)[C@H]1N=[N+]=[N-]. The van der Waals surface area contributed by atoms with Gasteiger partial charge in [-0.3, -0.25) is 9.35 Å². The van der Waals surface area contributed by atoms with Gasteiger partial charge in [0.25, 0.3) is 8.32 Å². The van der Waals surface area contributed by atoms with Gasteiger partial charge in [-0.1, -0.05) is 98.7 Å². The summed E-state index contributed by atoms with van der Waals surface area (Å²) in [7, 11) is -5.07. The van der Waals surface area contributed by atoms with Crippen molar-refractivity contribution in [3.8, 4) is 5.75 Å². The van der Waals surface area contributed by atoms with Gasteiger partial charge >= 0.3 is 22.3 Å². The van der Waals surface area contributed by atoms with Crippen LogP contribution in [-0.2, 0) is 73.2 Å². The second-order valence-electron chi connectivity index (χ2n) is 16.3. The molecule has 65 heavy (non-hydrogen) atoms. The summed E-state index contributed by atoms with van der Waals surface area (Å²) in [5.41, 5.74) is 10.7. The molecule has 0 aromatic heterocycles. The van der Waals surface area contributed by atoms with Crippen molar-refractivity contribution >= 4 is 46.8 Å². The Morgan fingerprint density at radius 1 is 0.846 bits per heavy atom. The highest BCUT2D eigenvalue weighted by Crippen LogP contribution is 2.39. The number of azide groups is 1. The van der Waals surface area contributed by atoms with E-state index in [1.54, 1.807) is 24.3 Å². The fourth-order valence-electron chi connectivity index (χ4n) is 7.90. The summed E-state index contributed by atoms with van der Waals surface area (Å²) in [5, 5.41) is 16.9. The zero-order valence-electron chi connectivity index (χ0n) is 37.0. The Kier molecular flexibility index (Phi) is 17.8. The molecule has 2 N–H and O–H groups in total. The van der Waals surface area contributed by atoms with Gasteiger partial charge in [0, 0.05) is 18.4 Å². The van der Waals surface area contributed by atoms with Crippen LogP contribution in [0.2, 0.25) is 5.04 Å². The van der Waals surface area contributed by atoms with Crippen LogP contribution in [0.5, 0.6) is 5.75 Å². The zero-order valence-corrected chi connectivity index (χ0v) is 38.8. The first-order chi connectivity index (χ1) is 30.9. The van der Waals surface area contributed by atoms with Crippen molar-refractivity contribution in [2.45, 2.75) is 114 Å². The molecule has 2 aliphatic heterocycles. The molecule has 354 valence electrons. The Labute approximate surface area is 378 Å². The first-order valence-corrected chi connectivity index (χ1v) is 23.8. The number of methoxy groups -OCH3 is 3. The number of hydrogen-bond acceptors (Lipinski definition) is 17. The van der Waals surface area contributed by atoms with Crippen molar-refractivity contribution in [2.75, 3.05) is 27.9 Å². The first kappa shape index (κ1) is 51.2. The molecule has 0 saturated carbocycles. The summed E-state index contributed by atoms with van der Waals surface area (Å²) in [6.07, 6.45) is -16.5. The van der Waals surface area contributed by atoms with Crippen LogP contribution >= 0.6 is 0 Å². The number of nitrogens with zero attached hydrogens (tertiary/aromatic N) is 3.